The molecule has 1 atom stereocenters. The van der Waals surface area contributed by atoms with Gasteiger partial charge in [-0.3, -0.25) is 14.4 Å². The van der Waals surface area contributed by atoms with Crippen LogP contribution in [0.1, 0.15) is 32.6 Å². The molecule has 3 N–H and O–H groups in total. The lowest BCUT2D eigenvalue weighted by Gasteiger charge is -2.13. The molecule has 0 bridgehead atoms. The van der Waals surface area contributed by atoms with Crippen LogP contribution in [-0.4, -0.2) is 39.9 Å². The molecule has 96 valence electrons. The van der Waals surface area contributed by atoms with Crippen molar-refractivity contribution in [2.75, 3.05) is 0 Å². The van der Waals surface area contributed by atoms with Crippen molar-refractivity contribution in [3.63, 3.8) is 0 Å². The molecule has 7 nitrogen and oxygen atoms in total. The van der Waals surface area contributed by atoms with E-state index in [1.165, 1.54) is 0 Å². The van der Waals surface area contributed by atoms with E-state index in [-0.39, 0.29) is 18.6 Å². The van der Waals surface area contributed by atoms with Gasteiger partial charge in [-0.2, -0.15) is 0 Å². The third-order valence-electron chi connectivity index (χ3n) is 2.05. The average molecular weight is 245 g/mol. The number of Topliss-reactive ketones (excluding diaryl/α,β-unsaturated/α-hetero) is 1. The van der Waals surface area contributed by atoms with Crippen molar-refractivity contribution in [2.24, 2.45) is 0 Å². The Balaban J connectivity index is 4.24. The molecule has 1 unspecified atom stereocenters. The largest absolute Gasteiger partial charge is 0.481 e. The molecule has 0 rings (SSSR count). The standard InChI is InChI=1S/C10H15NO6/c1-2-6(12)3-4-7(10(16)17)11-8(13)5-9(14)15/h7H,2-5H2,1H3,(H,11,13)(H,14,15)(H,16,17). The maximum Gasteiger partial charge on any atom is 0.326 e. The number of hydrogen-bond donors (Lipinski definition) is 3. The average Bonchev–Trinajstić information content (AvgIpc) is 2.22. The fraction of sp³-hybridized carbons (Fsp3) is 0.600. The summed E-state index contributed by atoms with van der Waals surface area (Å²) in [5.74, 6) is -3.61. The lowest BCUT2D eigenvalue weighted by atomic mass is 10.1. The summed E-state index contributed by atoms with van der Waals surface area (Å²) < 4.78 is 0. The van der Waals surface area contributed by atoms with Gasteiger partial charge in [0.15, 0.2) is 0 Å². The fourth-order valence-electron chi connectivity index (χ4n) is 1.12. The molecule has 7 heteroatoms. The summed E-state index contributed by atoms with van der Waals surface area (Å²) in [4.78, 5) is 43.0. The normalized spacial score (nSPS) is 11.6. The van der Waals surface area contributed by atoms with Crippen LogP contribution in [0.15, 0.2) is 0 Å². The first-order valence-corrected chi connectivity index (χ1v) is 5.12. The van der Waals surface area contributed by atoms with Gasteiger partial charge in [0.1, 0.15) is 18.2 Å². The minimum Gasteiger partial charge on any atom is -0.481 e. The van der Waals surface area contributed by atoms with Gasteiger partial charge in [0.25, 0.3) is 0 Å². The highest BCUT2D eigenvalue weighted by Gasteiger charge is 2.21. The predicted molar refractivity (Wildman–Crippen MR) is 56.4 cm³/mol. The number of aliphatic carboxylic acids is 2. The van der Waals surface area contributed by atoms with E-state index in [2.05, 4.69) is 5.32 Å². The van der Waals surface area contributed by atoms with Crippen LogP contribution in [0.5, 0.6) is 0 Å². The van der Waals surface area contributed by atoms with Crippen LogP contribution in [0, 0.1) is 0 Å². The van der Waals surface area contributed by atoms with Crippen molar-refractivity contribution in [3.05, 3.63) is 0 Å². The molecule has 0 spiro atoms. The Labute approximate surface area is 97.8 Å². The molecule has 0 aromatic rings. The highest BCUT2D eigenvalue weighted by molar-refractivity contribution is 5.95. The SMILES string of the molecule is CCC(=O)CCC(NC(=O)CC(=O)O)C(=O)O. The zero-order chi connectivity index (χ0) is 13.4. The molecule has 0 aliphatic heterocycles. The van der Waals surface area contributed by atoms with Crippen LogP contribution in [0.4, 0.5) is 0 Å². The monoisotopic (exact) mass is 245 g/mol. The second-order valence-corrected chi connectivity index (χ2v) is 3.46. The molecule has 17 heavy (non-hydrogen) atoms. The highest BCUT2D eigenvalue weighted by Crippen LogP contribution is 2.01. The molecular weight excluding hydrogens is 230 g/mol. The summed E-state index contributed by atoms with van der Waals surface area (Å²) in [5, 5.41) is 19.2. The maximum atomic E-state index is 11.0. The summed E-state index contributed by atoms with van der Waals surface area (Å²) >= 11 is 0. The molecule has 0 heterocycles. The highest BCUT2D eigenvalue weighted by atomic mass is 16.4. The second kappa shape index (κ2) is 7.37. The quantitative estimate of drug-likeness (QED) is 0.509. The van der Waals surface area contributed by atoms with Gasteiger partial charge in [0.2, 0.25) is 5.91 Å². The minimum absolute atomic E-state index is 0.0344. The number of rotatable bonds is 8. The summed E-state index contributed by atoms with van der Waals surface area (Å²) in [6, 6.07) is -1.22. The molecule has 0 saturated carbocycles. The van der Waals surface area contributed by atoms with Crippen LogP contribution >= 0.6 is 0 Å². The van der Waals surface area contributed by atoms with Gasteiger partial charge < -0.3 is 15.5 Å². The van der Waals surface area contributed by atoms with Crippen LogP contribution in [0.25, 0.3) is 0 Å². The lowest BCUT2D eigenvalue weighted by molar-refractivity contribution is -0.145. The lowest BCUT2D eigenvalue weighted by Crippen LogP contribution is -2.41. The Bertz CT molecular complexity index is 325. The first-order chi connectivity index (χ1) is 7.86. The number of carboxylic acid groups (broad SMARTS) is 2. The maximum absolute atomic E-state index is 11.0. The van der Waals surface area contributed by atoms with E-state index in [1.54, 1.807) is 6.92 Å². The molecule has 1 amide bonds. The van der Waals surface area contributed by atoms with Crippen LogP contribution in [0.3, 0.4) is 0 Å². The number of carboxylic acids is 2. The van der Waals surface area contributed by atoms with Crippen LogP contribution in [-0.2, 0) is 19.2 Å². The van der Waals surface area contributed by atoms with Gasteiger partial charge in [-0.15, -0.1) is 0 Å². The molecule has 0 aromatic heterocycles. The molecule has 0 fully saturated rings. The van der Waals surface area contributed by atoms with E-state index in [0.717, 1.165) is 0 Å². The Morgan fingerprint density at radius 3 is 2.18 bits per heavy atom. The number of amides is 1. The molecule has 0 aliphatic rings. The minimum atomic E-state index is -1.34. The van der Waals surface area contributed by atoms with E-state index in [1.807, 2.05) is 0 Å². The summed E-state index contributed by atoms with van der Waals surface area (Å²) in [6.45, 7) is 1.65. The predicted octanol–water partition coefficient (Wildman–Crippen LogP) is -0.210. The number of carbonyl (C=O) groups excluding carboxylic acids is 2. The smallest absolute Gasteiger partial charge is 0.326 e. The van der Waals surface area contributed by atoms with Crippen LogP contribution < -0.4 is 5.32 Å². The molecular formula is C10H15NO6. The van der Waals surface area contributed by atoms with Crippen molar-refractivity contribution in [2.45, 2.75) is 38.6 Å². The fourth-order valence-corrected chi connectivity index (χ4v) is 1.12. The van der Waals surface area contributed by atoms with Crippen molar-refractivity contribution in [1.82, 2.24) is 5.32 Å². The number of nitrogens with one attached hydrogen (secondary N) is 1. The van der Waals surface area contributed by atoms with Gasteiger partial charge >= 0.3 is 11.9 Å². The Kier molecular flexibility index (Phi) is 6.54. The Hall–Kier alpha value is -1.92. The van der Waals surface area contributed by atoms with Gasteiger partial charge in [0.05, 0.1) is 0 Å². The summed E-state index contributed by atoms with van der Waals surface area (Å²) in [7, 11) is 0. The van der Waals surface area contributed by atoms with E-state index < -0.39 is 30.3 Å². The first kappa shape index (κ1) is 15.1. The second-order valence-electron chi connectivity index (χ2n) is 3.46. The Morgan fingerprint density at radius 2 is 1.76 bits per heavy atom. The molecule has 0 aromatic carbocycles. The third kappa shape index (κ3) is 7.04. The number of carbonyl (C=O) groups is 4. The van der Waals surface area contributed by atoms with Crippen LogP contribution in [0.2, 0.25) is 0 Å². The topological polar surface area (TPSA) is 121 Å². The summed E-state index contributed by atoms with van der Waals surface area (Å²) in [6.07, 6.45) is -0.477. The zero-order valence-electron chi connectivity index (χ0n) is 9.43. The van der Waals surface area contributed by atoms with Gasteiger partial charge in [-0.25, -0.2) is 4.79 Å². The number of hydrogen-bond acceptors (Lipinski definition) is 4. The van der Waals surface area contributed by atoms with E-state index in [9.17, 15) is 19.2 Å². The third-order valence-corrected chi connectivity index (χ3v) is 2.05. The van der Waals surface area contributed by atoms with E-state index in [4.69, 9.17) is 10.2 Å². The van der Waals surface area contributed by atoms with Gasteiger partial charge in [-0.1, -0.05) is 6.92 Å². The van der Waals surface area contributed by atoms with E-state index >= 15 is 0 Å². The van der Waals surface area contributed by atoms with Crippen molar-refractivity contribution < 1.29 is 29.4 Å². The Morgan fingerprint density at radius 1 is 1.18 bits per heavy atom. The van der Waals surface area contributed by atoms with Gasteiger partial charge in [-0.05, 0) is 6.42 Å². The zero-order valence-corrected chi connectivity index (χ0v) is 9.43. The molecule has 0 saturated heterocycles. The van der Waals surface area contributed by atoms with Crippen molar-refractivity contribution >= 4 is 23.6 Å². The van der Waals surface area contributed by atoms with Gasteiger partial charge in [0, 0.05) is 12.8 Å². The number of ketones is 1. The molecule has 0 aliphatic carbocycles. The summed E-state index contributed by atoms with van der Waals surface area (Å²) in [5.41, 5.74) is 0. The molecule has 0 radical (unpaired) electrons. The van der Waals surface area contributed by atoms with Crippen molar-refractivity contribution in [3.8, 4) is 0 Å². The first-order valence-electron chi connectivity index (χ1n) is 5.12. The van der Waals surface area contributed by atoms with Crippen molar-refractivity contribution in [1.29, 1.82) is 0 Å². The van der Waals surface area contributed by atoms with E-state index in [0.29, 0.717) is 6.42 Å².